The molecule has 0 radical (unpaired) electrons. The van der Waals surface area contributed by atoms with Crippen LogP contribution in [0, 0.1) is 6.92 Å². The molecule has 0 aliphatic heterocycles. The molecule has 7 heteroatoms. The maximum absolute atomic E-state index is 5.33. The monoisotopic (exact) mass is 278 g/mol. The molecule has 0 amide bonds. The van der Waals surface area contributed by atoms with Crippen LogP contribution in [0.2, 0.25) is 0 Å². The minimum absolute atomic E-state index is 0.488. The van der Waals surface area contributed by atoms with E-state index in [1.165, 1.54) is 0 Å². The van der Waals surface area contributed by atoms with Gasteiger partial charge in [0.1, 0.15) is 0 Å². The van der Waals surface area contributed by atoms with Gasteiger partial charge in [-0.05, 0) is 37.2 Å². The van der Waals surface area contributed by atoms with Gasteiger partial charge in [0.15, 0.2) is 4.32 Å². The van der Waals surface area contributed by atoms with Crippen LogP contribution in [0.5, 0.6) is 0 Å². The Balaban J connectivity index is 2.86. The maximum atomic E-state index is 5.33. The van der Waals surface area contributed by atoms with E-state index in [-0.39, 0.29) is 0 Å². The molecule has 15 heavy (non-hydrogen) atoms. The molecular formula is C8H10N2OS4. The molecule has 1 aromatic heterocycles. The molecule has 0 saturated carbocycles. The highest BCUT2D eigenvalue weighted by atomic mass is 32.2. The van der Waals surface area contributed by atoms with Crippen LogP contribution in [-0.4, -0.2) is 16.5 Å². The molecule has 3 N–H and O–H groups in total. The van der Waals surface area contributed by atoms with Crippen LogP contribution in [-0.2, 0) is 4.74 Å². The van der Waals surface area contributed by atoms with Crippen LogP contribution in [0.15, 0.2) is 6.07 Å². The molecule has 0 spiro atoms. The summed E-state index contributed by atoms with van der Waals surface area (Å²) in [4.78, 5) is 2.01. The number of nitrogens with one attached hydrogen (secondary N) is 1. The first-order chi connectivity index (χ1) is 7.08. The van der Waals surface area contributed by atoms with E-state index in [0.717, 1.165) is 27.4 Å². The summed E-state index contributed by atoms with van der Waals surface area (Å²) in [6.45, 7) is 1.98. The Morgan fingerprint density at radius 1 is 1.60 bits per heavy atom. The molecule has 82 valence electrons. The summed E-state index contributed by atoms with van der Waals surface area (Å²) in [5.41, 5.74) is 0.928. The quantitative estimate of drug-likeness (QED) is 0.641. The average Bonchev–Trinajstić information content (AvgIpc) is 2.59. The van der Waals surface area contributed by atoms with Crippen molar-refractivity contribution >= 4 is 62.8 Å². The van der Waals surface area contributed by atoms with Crippen LogP contribution >= 0.6 is 47.7 Å². The topological polar surface area (TPSA) is 47.3 Å². The van der Waals surface area contributed by atoms with E-state index >= 15 is 0 Å². The second kappa shape index (κ2) is 5.76. The van der Waals surface area contributed by atoms with Crippen LogP contribution in [0.4, 0.5) is 5.69 Å². The van der Waals surface area contributed by atoms with Crippen molar-refractivity contribution in [2.24, 2.45) is 5.14 Å². The summed E-state index contributed by atoms with van der Waals surface area (Å²) >= 11 is 12.6. The van der Waals surface area contributed by atoms with Crippen molar-refractivity contribution in [3.8, 4) is 0 Å². The van der Waals surface area contributed by atoms with Crippen molar-refractivity contribution in [2.45, 2.75) is 6.92 Å². The van der Waals surface area contributed by atoms with Crippen LogP contribution in [0.1, 0.15) is 9.75 Å². The molecule has 0 bridgehead atoms. The third kappa shape index (κ3) is 3.39. The molecule has 0 unspecified atom stereocenters. The fourth-order valence-corrected chi connectivity index (χ4v) is 2.30. The van der Waals surface area contributed by atoms with Crippen LogP contribution in [0.3, 0.4) is 0 Å². The largest absolute Gasteiger partial charge is 0.486 e. The van der Waals surface area contributed by atoms with Gasteiger partial charge in [0, 0.05) is 4.88 Å². The van der Waals surface area contributed by atoms with Gasteiger partial charge in [-0.3, -0.25) is 5.14 Å². The van der Waals surface area contributed by atoms with Crippen molar-refractivity contribution < 1.29 is 4.74 Å². The number of hydrogen-bond acceptors (Lipinski definition) is 6. The van der Waals surface area contributed by atoms with Crippen LogP contribution in [0.25, 0.3) is 0 Å². The first-order valence-corrected chi connectivity index (χ1v) is 6.46. The zero-order valence-corrected chi connectivity index (χ0v) is 11.5. The number of methoxy groups -OCH3 is 1. The van der Waals surface area contributed by atoms with Crippen molar-refractivity contribution in [1.82, 2.24) is 0 Å². The molecule has 0 atom stereocenters. The molecule has 1 aromatic rings. The van der Waals surface area contributed by atoms with Gasteiger partial charge in [0.25, 0.3) is 0 Å². The molecule has 1 rings (SSSR count). The smallest absolute Gasteiger partial charge is 0.201 e. The molecule has 0 fully saturated rings. The zero-order chi connectivity index (χ0) is 11.4. The van der Waals surface area contributed by atoms with E-state index in [9.17, 15) is 0 Å². The minimum atomic E-state index is 0.488. The first kappa shape index (κ1) is 12.9. The highest BCUT2D eigenvalue weighted by Crippen LogP contribution is 2.27. The summed E-state index contributed by atoms with van der Waals surface area (Å²) in [5.74, 6) is 0. The summed E-state index contributed by atoms with van der Waals surface area (Å²) < 4.78 is 5.52. The predicted molar refractivity (Wildman–Crippen MR) is 75.8 cm³/mol. The van der Waals surface area contributed by atoms with E-state index in [0.29, 0.717) is 9.37 Å². The van der Waals surface area contributed by atoms with Gasteiger partial charge < -0.3 is 10.1 Å². The number of hydrogen-bond donors (Lipinski definition) is 2. The average molecular weight is 278 g/mol. The molecule has 0 aliphatic carbocycles. The SMILES string of the molecule is COC(=S)c1cc(NC(=S)SN)c(C)s1. The number of rotatable bonds is 2. The number of ether oxygens (including phenoxy) is 1. The molecule has 1 heterocycles. The van der Waals surface area contributed by atoms with Gasteiger partial charge in [-0.2, -0.15) is 0 Å². The Kier molecular flexibility index (Phi) is 4.94. The van der Waals surface area contributed by atoms with E-state index in [2.05, 4.69) is 5.32 Å². The number of thiophene rings is 1. The second-order valence-corrected chi connectivity index (χ2v) is 5.54. The third-order valence-corrected chi connectivity index (χ3v) is 3.92. The lowest BCUT2D eigenvalue weighted by Crippen LogP contribution is -2.06. The Bertz CT molecular complexity index is 388. The first-order valence-electron chi connectivity index (χ1n) is 3.95. The van der Waals surface area contributed by atoms with Gasteiger partial charge in [-0.1, -0.05) is 12.2 Å². The highest BCUT2D eigenvalue weighted by molar-refractivity contribution is 8.21. The van der Waals surface area contributed by atoms with Gasteiger partial charge in [0.2, 0.25) is 5.05 Å². The Labute approximate surface area is 108 Å². The predicted octanol–water partition coefficient (Wildman–Crippen LogP) is 2.68. The van der Waals surface area contributed by atoms with Crippen molar-refractivity contribution in [3.05, 3.63) is 15.8 Å². The zero-order valence-electron chi connectivity index (χ0n) is 8.20. The third-order valence-electron chi connectivity index (χ3n) is 1.65. The summed E-state index contributed by atoms with van der Waals surface area (Å²) in [6.07, 6.45) is 0. The van der Waals surface area contributed by atoms with Gasteiger partial charge in [0.05, 0.1) is 17.7 Å². The highest BCUT2D eigenvalue weighted by Gasteiger charge is 2.10. The maximum Gasteiger partial charge on any atom is 0.201 e. The van der Waals surface area contributed by atoms with E-state index in [1.54, 1.807) is 18.4 Å². The van der Waals surface area contributed by atoms with Crippen molar-refractivity contribution in [3.63, 3.8) is 0 Å². The van der Waals surface area contributed by atoms with E-state index < -0.39 is 0 Å². The molecule has 0 aromatic carbocycles. The Hall–Kier alpha value is -0.210. The standard InChI is InChI=1S/C8H10N2OS4/c1-4-5(10-8(13)15-9)3-6(14-4)7(12)11-2/h3H,9H2,1-2H3,(H,10,13). The summed E-state index contributed by atoms with van der Waals surface area (Å²) in [6, 6.07) is 1.91. The molecule has 0 aliphatic rings. The lowest BCUT2D eigenvalue weighted by atomic mass is 10.4. The van der Waals surface area contributed by atoms with E-state index in [4.69, 9.17) is 34.3 Å². The van der Waals surface area contributed by atoms with E-state index in [1.807, 2.05) is 13.0 Å². The minimum Gasteiger partial charge on any atom is -0.486 e. The Morgan fingerprint density at radius 2 is 2.27 bits per heavy atom. The second-order valence-electron chi connectivity index (χ2n) is 2.60. The number of nitrogens with two attached hydrogens (primary N) is 1. The molecule has 3 nitrogen and oxygen atoms in total. The summed E-state index contributed by atoms with van der Waals surface area (Å²) in [7, 11) is 1.56. The molecular weight excluding hydrogens is 268 g/mol. The van der Waals surface area contributed by atoms with Gasteiger partial charge in [-0.15, -0.1) is 11.3 Å². The Morgan fingerprint density at radius 3 is 2.80 bits per heavy atom. The van der Waals surface area contributed by atoms with Crippen LogP contribution < -0.4 is 10.5 Å². The lowest BCUT2D eigenvalue weighted by Gasteiger charge is -2.02. The van der Waals surface area contributed by atoms with Crippen molar-refractivity contribution in [2.75, 3.05) is 12.4 Å². The number of anilines is 1. The van der Waals surface area contributed by atoms with Gasteiger partial charge in [-0.25, -0.2) is 0 Å². The fourth-order valence-electron chi connectivity index (χ4n) is 0.947. The summed E-state index contributed by atoms with van der Waals surface area (Å²) in [5, 5.41) is 8.84. The lowest BCUT2D eigenvalue weighted by molar-refractivity contribution is 0.417. The van der Waals surface area contributed by atoms with Crippen molar-refractivity contribution in [1.29, 1.82) is 0 Å². The molecule has 0 saturated heterocycles. The fraction of sp³-hybridized carbons (Fsp3) is 0.250. The normalized spacial score (nSPS) is 9.80. The number of thiocarbonyl (C=S) groups is 2. The number of aryl methyl sites for hydroxylation is 1. The van der Waals surface area contributed by atoms with Gasteiger partial charge >= 0.3 is 0 Å².